The van der Waals surface area contributed by atoms with Crippen LogP contribution in [-0.2, 0) is 4.74 Å². The van der Waals surface area contributed by atoms with Gasteiger partial charge in [0.2, 0.25) is 0 Å². The number of aryl methyl sites for hydroxylation is 1. The Kier molecular flexibility index (Phi) is 3.55. The van der Waals surface area contributed by atoms with Crippen molar-refractivity contribution in [2.45, 2.75) is 6.92 Å². The maximum atomic E-state index is 11.7. The Morgan fingerprint density at radius 3 is 2.89 bits per heavy atom. The molecule has 1 aromatic heterocycles. The molecule has 0 saturated carbocycles. The Morgan fingerprint density at radius 2 is 2.26 bits per heavy atom. The molecule has 0 aliphatic carbocycles. The van der Waals surface area contributed by atoms with Crippen LogP contribution >= 0.6 is 11.6 Å². The van der Waals surface area contributed by atoms with Gasteiger partial charge in [0.1, 0.15) is 0 Å². The van der Waals surface area contributed by atoms with Gasteiger partial charge in [0.05, 0.1) is 28.9 Å². The number of nitrogens with zero attached hydrogens (tertiary/aromatic N) is 4. The minimum absolute atomic E-state index is 0.109. The van der Waals surface area contributed by atoms with Crippen LogP contribution in [0.1, 0.15) is 15.9 Å². The third-order valence-corrected chi connectivity index (χ3v) is 3.01. The highest BCUT2D eigenvalue weighted by Crippen LogP contribution is 2.35. The van der Waals surface area contributed by atoms with Crippen LogP contribution in [0.2, 0.25) is 5.02 Å². The van der Waals surface area contributed by atoms with E-state index in [0.29, 0.717) is 15.9 Å². The summed E-state index contributed by atoms with van der Waals surface area (Å²) < 4.78 is 4.65. The van der Waals surface area contributed by atoms with Gasteiger partial charge in [-0.05, 0) is 24.1 Å². The average Bonchev–Trinajstić information content (AvgIpc) is 2.42. The summed E-state index contributed by atoms with van der Waals surface area (Å²) in [6, 6.07) is 3.47. The molecule has 0 N–H and O–H groups in total. The minimum Gasteiger partial charge on any atom is -0.465 e. The van der Waals surface area contributed by atoms with Gasteiger partial charge in [0, 0.05) is 16.5 Å². The van der Waals surface area contributed by atoms with Crippen LogP contribution in [0.3, 0.4) is 0 Å². The third kappa shape index (κ3) is 2.19. The Hall–Kier alpha value is -2.30. The van der Waals surface area contributed by atoms with Crippen molar-refractivity contribution in [2.75, 3.05) is 7.11 Å². The minimum atomic E-state index is -0.615. The number of halogens is 1. The molecule has 0 fully saturated rings. The van der Waals surface area contributed by atoms with Crippen molar-refractivity contribution in [3.8, 4) is 0 Å². The summed E-state index contributed by atoms with van der Waals surface area (Å²) in [4.78, 5) is 18.6. The van der Waals surface area contributed by atoms with Gasteiger partial charge in [-0.25, -0.2) is 4.79 Å². The molecular weight excluding hydrogens is 268 g/mol. The highest BCUT2D eigenvalue weighted by atomic mass is 35.5. The second-order valence-corrected chi connectivity index (χ2v) is 4.20. The van der Waals surface area contributed by atoms with Gasteiger partial charge in [-0.15, -0.1) is 0 Å². The van der Waals surface area contributed by atoms with E-state index in [0.717, 1.165) is 5.56 Å². The fourth-order valence-electron chi connectivity index (χ4n) is 1.82. The molecule has 0 radical (unpaired) electrons. The Balaban J connectivity index is 2.96. The van der Waals surface area contributed by atoms with Crippen LogP contribution in [0, 0.1) is 6.92 Å². The van der Waals surface area contributed by atoms with Crippen LogP contribution in [0.25, 0.3) is 21.3 Å². The first-order valence-electron chi connectivity index (χ1n) is 5.31. The van der Waals surface area contributed by atoms with Crippen molar-refractivity contribution in [3.63, 3.8) is 0 Å². The number of methoxy groups -OCH3 is 1. The van der Waals surface area contributed by atoms with Gasteiger partial charge in [-0.1, -0.05) is 22.8 Å². The smallest absolute Gasteiger partial charge is 0.339 e. The Labute approximate surface area is 113 Å². The summed E-state index contributed by atoms with van der Waals surface area (Å²) in [5.41, 5.74) is 10.2. The molecule has 0 aliphatic rings. The number of carbonyl (C=O) groups excluding carboxylic acids is 1. The van der Waals surface area contributed by atoms with E-state index in [2.05, 4.69) is 19.7 Å². The van der Waals surface area contributed by atoms with Gasteiger partial charge in [-0.2, -0.15) is 0 Å². The summed E-state index contributed by atoms with van der Waals surface area (Å²) in [7, 11) is 1.25. The predicted molar refractivity (Wildman–Crippen MR) is 71.6 cm³/mol. The molecule has 19 heavy (non-hydrogen) atoms. The average molecular weight is 277 g/mol. The SMILES string of the molecule is COC(=O)c1cnc2c(Cl)ccc(C)c2c1N=[N+]=[N-]. The van der Waals surface area contributed by atoms with Crippen LogP contribution in [0.15, 0.2) is 23.4 Å². The number of azide groups is 1. The first-order valence-corrected chi connectivity index (χ1v) is 5.69. The lowest BCUT2D eigenvalue weighted by atomic mass is 10.0. The fraction of sp³-hybridized carbons (Fsp3) is 0.167. The molecule has 0 saturated heterocycles. The first kappa shape index (κ1) is 13.1. The van der Waals surface area contributed by atoms with Crippen molar-refractivity contribution in [1.82, 2.24) is 4.98 Å². The predicted octanol–water partition coefficient (Wildman–Crippen LogP) is 3.93. The van der Waals surface area contributed by atoms with Crippen molar-refractivity contribution in [2.24, 2.45) is 5.11 Å². The highest BCUT2D eigenvalue weighted by Gasteiger charge is 2.17. The zero-order chi connectivity index (χ0) is 14.0. The van der Waals surface area contributed by atoms with Crippen molar-refractivity contribution in [1.29, 1.82) is 0 Å². The molecule has 2 aromatic rings. The largest absolute Gasteiger partial charge is 0.465 e. The number of rotatable bonds is 2. The first-order chi connectivity index (χ1) is 9.10. The lowest BCUT2D eigenvalue weighted by molar-refractivity contribution is 0.0601. The molecule has 0 bridgehead atoms. The van der Waals surface area contributed by atoms with E-state index in [1.165, 1.54) is 13.3 Å². The molecule has 6 nitrogen and oxygen atoms in total. The maximum absolute atomic E-state index is 11.7. The molecule has 0 spiro atoms. The van der Waals surface area contributed by atoms with E-state index in [9.17, 15) is 4.79 Å². The van der Waals surface area contributed by atoms with Gasteiger partial charge in [-0.3, -0.25) is 4.98 Å². The topological polar surface area (TPSA) is 88.0 Å². The van der Waals surface area contributed by atoms with Gasteiger partial charge in [0.15, 0.2) is 0 Å². The lowest BCUT2D eigenvalue weighted by Crippen LogP contribution is -2.03. The number of carbonyl (C=O) groups is 1. The summed E-state index contributed by atoms with van der Waals surface area (Å²) in [5, 5.41) is 4.56. The van der Waals surface area contributed by atoms with E-state index in [1.807, 2.05) is 6.92 Å². The molecule has 96 valence electrons. The van der Waals surface area contributed by atoms with E-state index in [4.69, 9.17) is 17.1 Å². The molecule has 1 heterocycles. The summed E-state index contributed by atoms with van der Waals surface area (Å²) in [6.07, 6.45) is 1.30. The zero-order valence-electron chi connectivity index (χ0n) is 10.2. The van der Waals surface area contributed by atoms with Crippen molar-refractivity contribution in [3.05, 3.63) is 44.9 Å². The Morgan fingerprint density at radius 1 is 1.53 bits per heavy atom. The van der Waals surface area contributed by atoms with E-state index in [1.54, 1.807) is 12.1 Å². The van der Waals surface area contributed by atoms with Crippen molar-refractivity contribution < 1.29 is 9.53 Å². The highest BCUT2D eigenvalue weighted by molar-refractivity contribution is 6.35. The Bertz CT molecular complexity index is 723. The standard InChI is InChI=1S/C12H9ClN4O2/c1-6-3-4-8(13)11-9(6)10(16-17-14)7(5-15-11)12(18)19-2/h3-5H,1-2H3. The van der Waals surface area contributed by atoms with Crippen molar-refractivity contribution >= 4 is 34.2 Å². The number of esters is 1. The van der Waals surface area contributed by atoms with E-state index < -0.39 is 5.97 Å². The zero-order valence-corrected chi connectivity index (χ0v) is 11.0. The molecule has 7 heteroatoms. The number of fused-ring (bicyclic) bond motifs is 1. The number of aromatic nitrogens is 1. The quantitative estimate of drug-likeness (QED) is 0.360. The second kappa shape index (κ2) is 5.14. The van der Waals surface area contributed by atoms with Gasteiger partial charge in [0.25, 0.3) is 0 Å². The second-order valence-electron chi connectivity index (χ2n) is 3.79. The number of benzene rings is 1. The molecule has 0 aliphatic heterocycles. The van der Waals surface area contributed by atoms with Gasteiger partial charge >= 0.3 is 5.97 Å². The number of pyridine rings is 1. The monoisotopic (exact) mass is 276 g/mol. The molecule has 0 unspecified atom stereocenters. The summed E-state index contributed by atoms with van der Waals surface area (Å²) in [5.74, 6) is -0.615. The van der Waals surface area contributed by atoms with Gasteiger partial charge < -0.3 is 4.74 Å². The molecule has 2 rings (SSSR count). The number of hydrogen-bond acceptors (Lipinski definition) is 4. The molecule has 1 aromatic carbocycles. The number of ether oxygens (including phenoxy) is 1. The van der Waals surface area contributed by atoms with Crippen LogP contribution in [0.4, 0.5) is 5.69 Å². The van der Waals surface area contributed by atoms with Crippen LogP contribution in [0.5, 0.6) is 0 Å². The van der Waals surface area contributed by atoms with E-state index >= 15 is 0 Å². The maximum Gasteiger partial charge on any atom is 0.339 e. The molecule has 0 atom stereocenters. The normalized spacial score (nSPS) is 10.1. The molecular formula is C12H9ClN4O2. The van der Waals surface area contributed by atoms with E-state index in [-0.39, 0.29) is 11.3 Å². The lowest BCUT2D eigenvalue weighted by Gasteiger charge is -2.10. The number of hydrogen-bond donors (Lipinski definition) is 0. The molecule has 0 amide bonds. The fourth-order valence-corrected chi connectivity index (χ4v) is 2.03. The van der Waals surface area contributed by atoms with Crippen LogP contribution < -0.4 is 0 Å². The summed E-state index contributed by atoms with van der Waals surface area (Å²) in [6.45, 7) is 1.82. The summed E-state index contributed by atoms with van der Waals surface area (Å²) >= 11 is 6.05. The third-order valence-electron chi connectivity index (χ3n) is 2.70. The van der Waals surface area contributed by atoms with Crippen LogP contribution in [-0.4, -0.2) is 18.1 Å².